The molecule has 0 aromatic heterocycles. The number of nitrogens with zero attached hydrogens (tertiary/aromatic N) is 4. The number of alkyl carbamates (subject to hydrolysis) is 1. The summed E-state index contributed by atoms with van der Waals surface area (Å²) in [5, 5.41) is 15.4. The Labute approximate surface area is 169 Å². The van der Waals surface area contributed by atoms with Gasteiger partial charge in [0, 0.05) is 18.0 Å². The van der Waals surface area contributed by atoms with Crippen molar-refractivity contribution in [1.29, 1.82) is 0 Å². The lowest BCUT2D eigenvalue weighted by Crippen LogP contribution is -2.59. The molecule has 162 valence electrons. The number of carboxylic acids is 1. The van der Waals surface area contributed by atoms with Gasteiger partial charge in [-0.2, -0.15) is 0 Å². The molecule has 1 heterocycles. The number of carbonyl (C=O) groups is 3. The molecule has 0 aromatic carbocycles. The molecule has 2 N–H and O–H groups in total. The van der Waals surface area contributed by atoms with Crippen molar-refractivity contribution in [3.05, 3.63) is 22.3 Å². The van der Waals surface area contributed by atoms with Crippen molar-refractivity contribution in [3.63, 3.8) is 0 Å². The van der Waals surface area contributed by atoms with E-state index in [0.717, 1.165) is 6.08 Å². The van der Waals surface area contributed by atoms with E-state index in [4.69, 9.17) is 15.0 Å². The Kier molecular flexibility index (Phi) is 8.78. The molecular formula is C18H29N5O6. The molecule has 0 unspecified atom stereocenters. The molecule has 0 saturated heterocycles. The van der Waals surface area contributed by atoms with Crippen LogP contribution in [0, 0.1) is 0 Å². The van der Waals surface area contributed by atoms with Gasteiger partial charge in [-0.3, -0.25) is 4.79 Å². The van der Waals surface area contributed by atoms with Crippen LogP contribution in [0.15, 0.2) is 16.9 Å². The minimum absolute atomic E-state index is 0.435. The molecular weight excluding hydrogens is 382 g/mol. The Morgan fingerprint density at radius 2 is 1.90 bits per heavy atom. The van der Waals surface area contributed by atoms with Crippen LogP contribution in [0.4, 0.5) is 4.79 Å². The molecule has 0 aliphatic carbocycles. The van der Waals surface area contributed by atoms with Gasteiger partial charge in [0.05, 0.1) is 12.1 Å². The summed E-state index contributed by atoms with van der Waals surface area (Å²) in [6.45, 7) is 9.69. The first-order valence-electron chi connectivity index (χ1n) is 9.48. The van der Waals surface area contributed by atoms with E-state index >= 15 is 0 Å². The number of carboxylic acid groups (broad SMARTS) is 1. The SMILES string of the molecule is CCCN(CCC)C(=O)[C@@H]1OC(C(=O)O)=C[C@H](N=[N+]=[N-])[C@H]1NC(=O)OC(C)(C)C. The molecule has 11 nitrogen and oxygen atoms in total. The van der Waals surface area contributed by atoms with Crippen molar-refractivity contribution in [2.45, 2.75) is 71.2 Å². The van der Waals surface area contributed by atoms with Gasteiger partial charge in [0.2, 0.25) is 5.76 Å². The van der Waals surface area contributed by atoms with Crippen molar-refractivity contribution >= 4 is 18.0 Å². The summed E-state index contributed by atoms with van der Waals surface area (Å²) in [6.07, 6.45) is 0.213. The smallest absolute Gasteiger partial charge is 0.408 e. The summed E-state index contributed by atoms with van der Waals surface area (Å²) < 4.78 is 10.6. The van der Waals surface area contributed by atoms with Crippen LogP contribution in [0.2, 0.25) is 0 Å². The summed E-state index contributed by atoms with van der Waals surface area (Å²) in [5.74, 6) is -2.43. The van der Waals surface area contributed by atoms with E-state index in [0.29, 0.717) is 25.9 Å². The van der Waals surface area contributed by atoms with E-state index in [-0.39, 0.29) is 0 Å². The average Bonchev–Trinajstić information content (AvgIpc) is 2.60. The zero-order chi connectivity index (χ0) is 22.2. The van der Waals surface area contributed by atoms with Gasteiger partial charge in [-0.15, -0.1) is 0 Å². The molecule has 0 bridgehead atoms. The third kappa shape index (κ3) is 7.19. The number of carbonyl (C=O) groups excluding carboxylic acids is 2. The number of aliphatic carboxylic acids is 1. The summed E-state index contributed by atoms with van der Waals surface area (Å²) in [4.78, 5) is 41.1. The molecule has 29 heavy (non-hydrogen) atoms. The van der Waals surface area contributed by atoms with Gasteiger partial charge in [0.15, 0.2) is 6.10 Å². The highest BCUT2D eigenvalue weighted by Gasteiger charge is 2.43. The molecule has 1 aliphatic rings. The lowest BCUT2D eigenvalue weighted by Gasteiger charge is -2.37. The Morgan fingerprint density at radius 3 is 2.34 bits per heavy atom. The monoisotopic (exact) mass is 411 g/mol. The fraction of sp³-hybridized carbons (Fsp3) is 0.722. The van der Waals surface area contributed by atoms with E-state index in [1.54, 1.807) is 20.8 Å². The molecule has 1 aliphatic heterocycles. The second-order valence-corrected chi connectivity index (χ2v) is 7.57. The van der Waals surface area contributed by atoms with Gasteiger partial charge in [-0.25, -0.2) is 9.59 Å². The molecule has 0 radical (unpaired) electrons. The minimum atomic E-state index is -1.41. The number of amides is 2. The zero-order valence-electron chi connectivity index (χ0n) is 17.4. The van der Waals surface area contributed by atoms with Gasteiger partial charge >= 0.3 is 12.1 Å². The standard InChI is InChI=1S/C18H29N5O6/c1-6-8-23(9-7-2)15(24)14-13(20-17(27)29-18(3,4)5)11(21-22-19)10-12(28-14)16(25)26/h10-11,13-14H,6-9H2,1-5H3,(H,20,27)(H,25,26)/t11-,13+,14+/m0/s1. The number of hydrogen-bond donors (Lipinski definition) is 2. The number of hydrogen-bond acceptors (Lipinski definition) is 6. The van der Waals surface area contributed by atoms with Crippen LogP contribution in [-0.4, -0.2) is 64.9 Å². The van der Waals surface area contributed by atoms with Gasteiger partial charge in [-0.1, -0.05) is 19.0 Å². The maximum Gasteiger partial charge on any atom is 0.408 e. The van der Waals surface area contributed by atoms with Gasteiger partial charge in [0.1, 0.15) is 5.60 Å². The van der Waals surface area contributed by atoms with Crippen molar-refractivity contribution in [1.82, 2.24) is 10.2 Å². The quantitative estimate of drug-likeness (QED) is 0.355. The van der Waals surface area contributed by atoms with Crippen LogP contribution in [0.1, 0.15) is 47.5 Å². The third-order valence-electron chi connectivity index (χ3n) is 3.89. The maximum absolute atomic E-state index is 13.1. The summed E-state index contributed by atoms with van der Waals surface area (Å²) in [6, 6.07) is -2.28. The highest BCUT2D eigenvalue weighted by molar-refractivity contribution is 5.88. The second kappa shape index (κ2) is 10.6. The molecule has 0 fully saturated rings. The van der Waals surface area contributed by atoms with E-state index in [9.17, 15) is 19.5 Å². The van der Waals surface area contributed by atoms with E-state index in [2.05, 4.69) is 15.3 Å². The van der Waals surface area contributed by atoms with Crippen LogP contribution in [0.5, 0.6) is 0 Å². The third-order valence-corrected chi connectivity index (χ3v) is 3.89. The lowest BCUT2D eigenvalue weighted by atomic mass is 9.97. The van der Waals surface area contributed by atoms with Crippen molar-refractivity contribution < 1.29 is 29.0 Å². The molecule has 0 aromatic rings. The van der Waals surface area contributed by atoms with Gasteiger partial charge < -0.3 is 24.8 Å². The van der Waals surface area contributed by atoms with Crippen molar-refractivity contribution in [2.75, 3.05) is 13.1 Å². The molecule has 11 heteroatoms. The Hall–Kier alpha value is -2.94. The summed E-state index contributed by atoms with van der Waals surface area (Å²) in [5.41, 5.74) is 8.09. The van der Waals surface area contributed by atoms with E-state index in [1.807, 2.05) is 13.8 Å². The number of azide groups is 1. The molecule has 1 rings (SSSR count). The molecule has 3 atom stereocenters. The normalized spacial score (nSPS) is 21.1. The van der Waals surface area contributed by atoms with Gasteiger partial charge in [-0.05, 0) is 45.2 Å². The topological polar surface area (TPSA) is 154 Å². The first-order valence-corrected chi connectivity index (χ1v) is 9.48. The van der Waals surface area contributed by atoms with E-state index < -0.39 is 47.5 Å². The van der Waals surface area contributed by atoms with Crippen LogP contribution < -0.4 is 5.32 Å². The van der Waals surface area contributed by atoms with E-state index in [1.165, 1.54) is 4.90 Å². The van der Waals surface area contributed by atoms with Crippen molar-refractivity contribution in [2.24, 2.45) is 5.11 Å². The second-order valence-electron chi connectivity index (χ2n) is 7.57. The summed E-state index contributed by atoms with van der Waals surface area (Å²) >= 11 is 0. The minimum Gasteiger partial charge on any atom is -0.475 e. The number of rotatable bonds is 8. The highest BCUT2D eigenvalue weighted by Crippen LogP contribution is 2.24. The number of ether oxygens (including phenoxy) is 2. The largest absolute Gasteiger partial charge is 0.475 e. The van der Waals surface area contributed by atoms with Crippen LogP contribution in [0.25, 0.3) is 10.4 Å². The Morgan fingerprint density at radius 1 is 1.31 bits per heavy atom. The van der Waals surface area contributed by atoms with Crippen LogP contribution in [-0.2, 0) is 19.1 Å². The Balaban J connectivity index is 3.31. The highest BCUT2D eigenvalue weighted by atomic mass is 16.6. The first kappa shape index (κ1) is 24.1. The first-order chi connectivity index (χ1) is 13.5. The zero-order valence-corrected chi connectivity index (χ0v) is 17.4. The molecule has 0 spiro atoms. The summed E-state index contributed by atoms with van der Waals surface area (Å²) in [7, 11) is 0. The van der Waals surface area contributed by atoms with Gasteiger partial charge in [0.25, 0.3) is 5.91 Å². The van der Waals surface area contributed by atoms with Crippen LogP contribution in [0.3, 0.4) is 0 Å². The maximum atomic E-state index is 13.1. The Bertz CT molecular complexity index is 689. The lowest BCUT2D eigenvalue weighted by molar-refractivity contribution is -0.149. The predicted octanol–water partition coefficient (Wildman–Crippen LogP) is 2.57. The fourth-order valence-corrected chi connectivity index (χ4v) is 2.83. The number of nitrogens with one attached hydrogen (secondary N) is 1. The molecule has 0 saturated carbocycles. The molecule has 2 amide bonds. The van der Waals surface area contributed by atoms with Crippen molar-refractivity contribution in [3.8, 4) is 0 Å². The average molecular weight is 411 g/mol. The van der Waals surface area contributed by atoms with Crippen LogP contribution >= 0.6 is 0 Å². The predicted molar refractivity (Wildman–Crippen MR) is 104 cm³/mol. The fourth-order valence-electron chi connectivity index (χ4n) is 2.83.